The summed E-state index contributed by atoms with van der Waals surface area (Å²) < 4.78 is 0. The number of likely N-dealkylation sites (N-methyl/N-ethyl adjacent to an activating group) is 1. The zero-order valence-electron chi connectivity index (χ0n) is 11.4. The first-order chi connectivity index (χ1) is 8.70. The molecular formula is C15H22N2O. The van der Waals surface area contributed by atoms with Crippen LogP contribution in [0.4, 0.5) is 5.69 Å². The van der Waals surface area contributed by atoms with Gasteiger partial charge in [-0.15, -0.1) is 0 Å². The minimum atomic E-state index is 0.754. The number of aldehydes is 1. The quantitative estimate of drug-likeness (QED) is 0.745. The van der Waals surface area contributed by atoms with Crippen LogP contribution in [0.3, 0.4) is 0 Å². The largest absolute Gasteiger partial charge is 0.373 e. The van der Waals surface area contributed by atoms with E-state index in [0.29, 0.717) is 0 Å². The van der Waals surface area contributed by atoms with Gasteiger partial charge in [-0.2, -0.15) is 0 Å². The summed E-state index contributed by atoms with van der Waals surface area (Å²) in [4.78, 5) is 15.5. The maximum atomic E-state index is 10.7. The normalized spacial score (nSPS) is 15.9. The Balaban J connectivity index is 1.95. The van der Waals surface area contributed by atoms with Crippen molar-refractivity contribution in [1.29, 1.82) is 0 Å². The summed E-state index contributed by atoms with van der Waals surface area (Å²) in [6.07, 6.45) is 3.59. The molecule has 2 rings (SSSR count). The Morgan fingerprint density at radius 2 is 2.06 bits per heavy atom. The number of hydrogen-bond acceptors (Lipinski definition) is 3. The lowest BCUT2D eigenvalue weighted by molar-refractivity contribution is 0.112. The highest BCUT2D eigenvalue weighted by Crippen LogP contribution is 2.19. The number of carbonyl (C=O) groups excluding carboxylic acids is 1. The van der Waals surface area contributed by atoms with Crippen molar-refractivity contribution in [3.05, 3.63) is 29.3 Å². The molecule has 0 radical (unpaired) electrons. The molecule has 1 fully saturated rings. The maximum absolute atomic E-state index is 10.7. The molecule has 1 aliphatic heterocycles. The van der Waals surface area contributed by atoms with Gasteiger partial charge >= 0.3 is 0 Å². The lowest BCUT2D eigenvalue weighted by Gasteiger charge is -2.24. The standard InChI is InChI=1S/C15H22N2O/c1-13-11-14(12-18)5-6-15(13)16(2)9-10-17-7-3-4-8-17/h5-6,11-12H,3-4,7-10H2,1-2H3. The molecule has 1 aromatic rings. The Morgan fingerprint density at radius 1 is 1.33 bits per heavy atom. The molecule has 0 amide bonds. The van der Waals surface area contributed by atoms with Crippen molar-refractivity contribution in [2.24, 2.45) is 0 Å². The fourth-order valence-corrected chi connectivity index (χ4v) is 2.60. The van der Waals surface area contributed by atoms with Gasteiger partial charge in [-0.1, -0.05) is 0 Å². The van der Waals surface area contributed by atoms with Crippen LogP contribution < -0.4 is 4.90 Å². The third-order valence-electron chi connectivity index (χ3n) is 3.72. The highest BCUT2D eigenvalue weighted by molar-refractivity contribution is 5.76. The third kappa shape index (κ3) is 3.10. The summed E-state index contributed by atoms with van der Waals surface area (Å²) >= 11 is 0. The first-order valence-corrected chi connectivity index (χ1v) is 6.70. The van der Waals surface area contributed by atoms with E-state index in [2.05, 4.69) is 23.8 Å². The Kier molecular flexibility index (Phi) is 4.37. The van der Waals surface area contributed by atoms with Gasteiger partial charge < -0.3 is 9.80 Å². The van der Waals surface area contributed by atoms with Crippen LogP contribution in [0.15, 0.2) is 18.2 Å². The summed E-state index contributed by atoms with van der Waals surface area (Å²) in [6, 6.07) is 5.89. The van der Waals surface area contributed by atoms with E-state index in [9.17, 15) is 4.79 Å². The van der Waals surface area contributed by atoms with Crippen LogP contribution >= 0.6 is 0 Å². The van der Waals surface area contributed by atoms with Crippen LogP contribution in [0.2, 0.25) is 0 Å². The van der Waals surface area contributed by atoms with Gasteiger partial charge in [0.2, 0.25) is 0 Å². The fourth-order valence-electron chi connectivity index (χ4n) is 2.60. The van der Waals surface area contributed by atoms with E-state index in [0.717, 1.165) is 24.9 Å². The average Bonchev–Trinajstić information content (AvgIpc) is 2.88. The molecule has 0 aliphatic carbocycles. The van der Waals surface area contributed by atoms with Gasteiger partial charge in [-0.3, -0.25) is 4.79 Å². The smallest absolute Gasteiger partial charge is 0.150 e. The van der Waals surface area contributed by atoms with Crippen LogP contribution in [0, 0.1) is 6.92 Å². The van der Waals surface area contributed by atoms with E-state index in [1.807, 2.05) is 18.2 Å². The minimum absolute atomic E-state index is 0.754. The molecule has 3 heteroatoms. The molecule has 1 aromatic carbocycles. The summed E-state index contributed by atoms with van der Waals surface area (Å²) in [7, 11) is 2.12. The van der Waals surface area contributed by atoms with Crippen LogP contribution in [0.25, 0.3) is 0 Å². The molecule has 1 saturated heterocycles. The van der Waals surface area contributed by atoms with Crippen molar-refractivity contribution in [2.75, 3.05) is 38.1 Å². The van der Waals surface area contributed by atoms with Crippen molar-refractivity contribution in [1.82, 2.24) is 4.90 Å². The number of benzene rings is 1. The van der Waals surface area contributed by atoms with Gasteiger partial charge in [0.25, 0.3) is 0 Å². The molecular weight excluding hydrogens is 224 g/mol. The number of aryl methyl sites for hydroxylation is 1. The van der Waals surface area contributed by atoms with Crippen LogP contribution in [0.1, 0.15) is 28.8 Å². The van der Waals surface area contributed by atoms with Gasteiger partial charge in [-0.05, 0) is 56.6 Å². The molecule has 0 N–H and O–H groups in total. The molecule has 1 aliphatic rings. The topological polar surface area (TPSA) is 23.6 Å². The second kappa shape index (κ2) is 6.01. The number of anilines is 1. The molecule has 0 bridgehead atoms. The lowest BCUT2D eigenvalue weighted by Crippen LogP contribution is -2.31. The predicted octanol–water partition coefficient (Wildman–Crippen LogP) is 2.34. The van der Waals surface area contributed by atoms with E-state index in [1.54, 1.807) is 0 Å². The number of carbonyl (C=O) groups is 1. The highest BCUT2D eigenvalue weighted by Gasteiger charge is 2.12. The van der Waals surface area contributed by atoms with E-state index in [1.165, 1.54) is 37.2 Å². The monoisotopic (exact) mass is 246 g/mol. The van der Waals surface area contributed by atoms with Crippen LogP contribution in [-0.2, 0) is 0 Å². The highest BCUT2D eigenvalue weighted by atomic mass is 16.1. The van der Waals surface area contributed by atoms with Crippen molar-refractivity contribution in [3.8, 4) is 0 Å². The summed E-state index contributed by atoms with van der Waals surface area (Å²) in [5.41, 5.74) is 3.15. The summed E-state index contributed by atoms with van der Waals surface area (Å²) in [6.45, 7) is 6.73. The molecule has 0 unspecified atom stereocenters. The van der Waals surface area contributed by atoms with Crippen LogP contribution in [-0.4, -0.2) is 44.4 Å². The first kappa shape index (κ1) is 13.1. The molecule has 0 saturated carbocycles. The summed E-state index contributed by atoms with van der Waals surface area (Å²) in [5.74, 6) is 0. The summed E-state index contributed by atoms with van der Waals surface area (Å²) in [5, 5.41) is 0. The number of rotatable bonds is 5. The van der Waals surface area contributed by atoms with Crippen molar-refractivity contribution < 1.29 is 4.79 Å². The maximum Gasteiger partial charge on any atom is 0.150 e. The zero-order valence-corrected chi connectivity index (χ0v) is 11.4. The minimum Gasteiger partial charge on any atom is -0.373 e. The second-order valence-electron chi connectivity index (χ2n) is 5.13. The Morgan fingerprint density at radius 3 is 2.67 bits per heavy atom. The Labute approximate surface area is 109 Å². The fraction of sp³-hybridized carbons (Fsp3) is 0.533. The third-order valence-corrected chi connectivity index (χ3v) is 3.72. The zero-order chi connectivity index (χ0) is 13.0. The van der Waals surface area contributed by atoms with E-state index in [-0.39, 0.29) is 0 Å². The van der Waals surface area contributed by atoms with Crippen molar-refractivity contribution >= 4 is 12.0 Å². The number of hydrogen-bond donors (Lipinski definition) is 0. The van der Waals surface area contributed by atoms with E-state index >= 15 is 0 Å². The molecule has 3 nitrogen and oxygen atoms in total. The van der Waals surface area contributed by atoms with Gasteiger partial charge in [0.15, 0.2) is 0 Å². The Bertz CT molecular complexity index is 411. The second-order valence-corrected chi connectivity index (χ2v) is 5.13. The lowest BCUT2D eigenvalue weighted by atomic mass is 10.1. The van der Waals surface area contributed by atoms with Gasteiger partial charge in [0.1, 0.15) is 6.29 Å². The first-order valence-electron chi connectivity index (χ1n) is 6.70. The molecule has 0 atom stereocenters. The molecule has 1 heterocycles. The van der Waals surface area contributed by atoms with Crippen LogP contribution in [0.5, 0.6) is 0 Å². The molecule has 0 aromatic heterocycles. The molecule has 0 spiro atoms. The van der Waals surface area contributed by atoms with Gasteiger partial charge in [0.05, 0.1) is 0 Å². The Hall–Kier alpha value is -1.35. The predicted molar refractivity (Wildman–Crippen MR) is 75.5 cm³/mol. The molecule has 98 valence electrons. The number of likely N-dealkylation sites (tertiary alicyclic amines) is 1. The van der Waals surface area contributed by atoms with Crippen molar-refractivity contribution in [2.45, 2.75) is 19.8 Å². The van der Waals surface area contributed by atoms with Crippen molar-refractivity contribution in [3.63, 3.8) is 0 Å². The SMILES string of the molecule is Cc1cc(C=O)ccc1N(C)CCN1CCCC1. The van der Waals surface area contributed by atoms with Gasteiger partial charge in [0, 0.05) is 31.4 Å². The van der Waals surface area contributed by atoms with E-state index in [4.69, 9.17) is 0 Å². The average molecular weight is 246 g/mol. The van der Waals surface area contributed by atoms with Gasteiger partial charge in [-0.25, -0.2) is 0 Å². The van der Waals surface area contributed by atoms with E-state index < -0.39 is 0 Å². The molecule has 18 heavy (non-hydrogen) atoms. The number of nitrogens with zero attached hydrogens (tertiary/aromatic N) is 2.